The van der Waals surface area contributed by atoms with Gasteiger partial charge in [0.2, 0.25) is 0 Å². The lowest BCUT2D eigenvalue weighted by molar-refractivity contribution is -0.135. The van der Waals surface area contributed by atoms with E-state index in [1.54, 1.807) is 0 Å². The third-order valence-electron chi connectivity index (χ3n) is 3.79. The molecule has 0 aliphatic rings. The van der Waals surface area contributed by atoms with E-state index in [1.165, 1.54) is 30.9 Å². The molecule has 0 bridgehead atoms. The van der Waals surface area contributed by atoms with Crippen LogP contribution in [0.4, 0.5) is 4.39 Å². The molecule has 0 amide bonds. The summed E-state index contributed by atoms with van der Waals surface area (Å²) in [6, 6.07) is 4.39. The predicted molar refractivity (Wildman–Crippen MR) is 95.7 cm³/mol. The second kappa shape index (κ2) is 9.24. The molecule has 0 aliphatic heterocycles. The minimum absolute atomic E-state index is 0.0273. The number of ether oxygens (including phenoxy) is 2. The number of halogens is 1. The quantitative estimate of drug-likeness (QED) is 0.526. The largest absolute Gasteiger partial charge is 0.450 e. The molecule has 2 aromatic rings. The van der Waals surface area contributed by atoms with Crippen LogP contribution in [0.25, 0.3) is 0 Å². The first kappa shape index (κ1) is 19.8. The van der Waals surface area contributed by atoms with Gasteiger partial charge in [-0.2, -0.15) is 0 Å². The highest BCUT2D eigenvalue weighted by Gasteiger charge is 2.17. The number of hydrogen-bond acceptors (Lipinski definition) is 6. The highest BCUT2D eigenvalue weighted by molar-refractivity contribution is 5.73. The minimum atomic E-state index is -0.518. The number of esters is 1. The lowest BCUT2D eigenvalue weighted by atomic mass is 10.2. The van der Waals surface area contributed by atoms with Gasteiger partial charge in [0.05, 0.1) is 18.8 Å². The van der Waals surface area contributed by atoms with Gasteiger partial charge in [0.15, 0.2) is 17.2 Å². The van der Waals surface area contributed by atoms with Gasteiger partial charge in [0.1, 0.15) is 12.1 Å². The zero-order chi connectivity index (χ0) is 19.1. The number of aromatic nitrogens is 2. The van der Waals surface area contributed by atoms with Gasteiger partial charge in [-0.05, 0) is 39.8 Å². The standard InChI is InChI=1S/C19H24FN3O3/c1-13(2)23(14(3)4)8-7-19(24)26-18-9-15(20)5-6-17(18)25-16-10-21-12-22-11-16/h5-6,9-14H,7-8H2,1-4H3. The van der Waals surface area contributed by atoms with Crippen molar-refractivity contribution in [3.05, 3.63) is 42.7 Å². The fourth-order valence-electron chi connectivity index (χ4n) is 2.62. The van der Waals surface area contributed by atoms with Crippen molar-refractivity contribution in [3.63, 3.8) is 0 Å². The molecular weight excluding hydrogens is 337 g/mol. The minimum Gasteiger partial charge on any atom is -0.450 e. The molecule has 0 unspecified atom stereocenters. The lowest BCUT2D eigenvalue weighted by Gasteiger charge is -2.30. The summed E-state index contributed by atoms with van der Waals surface area (Å²) < 4.78 is 24.5. The van der Waals surface area contributed by atoms with Crippen LogP contribution >= 0.6 is 0 Å². The molecule has 0 saturated carbocycles. The maximum absolute atomic E-state index is 13.6. The van der Waals surface area contributed by atoms with Crippen LogP contribution in [0.15, 0.2) is 36.9 Å². The molecule has 1 aromatic carbocycles. The van der Waals surface area contributed by atoms with Crippen molar-refractivity contribution in [1.29, 1.82) is 0 Å². The van der Waals surface area contributed by atoms with E-state index >= 15 is 0 Å². The molecule has 0 atom stereocenters. The number of carbonyl (C=O) groups is 1. The number of benzene rings is 1. The Bertz CT molecular complexity index is 715. The number of carbonyl (C=O) groups excluding carboxylic acids is 1. The van der Waals surface area contributed by atoms with Crippen molar-refractivity contribution in [2.45, 2.75) is 46.2 Å². The van der Waals surface area contributed by atoms with Crippen LogP contribution < -0.4 is 9.47 Å². The molecule has 26 heavy (non-hydrogen) atoms. The van der Waals surface area contributed by atoms with Gasteiger partial charge in [0.25, 0.3) is 0 Å². The zero-order valence-electron chi connectivity index (χ0n) is 15.5. The Hall–Kier alpha value is -2.54. The van der Waals surface area contributed by atoms with E-state index in [9.17, 15) is 9.18 Å². The van der Waals surface area contributed by atoms with Gasteiger partial charge in [-0.25, -0.2) is 14.4 Å². The number of hydrogen-bond donors (Lipinski definition) is 0. The molecule has 1 heterocycles. The van der Waals surface area contributed by atoms with Crippen LogP contribution in [-0.2, 0) is 4.79 Å². The van der Waals surface area contributed by atoms with Crippen molar-refractivity contribution in [1.82, 2.24) is 14.9 Å². The molecule has 0 N–H and O–H groups in total. The van der Waals surface area contributed by atoms with Gasteiger partial charge in [-0.15, -0.1) is 0 Å². The summed E-state index contributed by atoms with van der Waals surface area (Å²) in [4.78, 5) is 22.1. The molecule has 1 aromatic heterocycles. The van der Waals surface area contributed by atoms with Gasteiger partial charge in [-0.3, -0.25) is 9.69 Å². The summed E-state index contributed by atoms with van der Waals surface area (Å²) in [5.41, 5.74) is 0. The van der Waals surface area contributed by atoms with E-state index < -0.39 is 11.8 Å². The summed E-state index contributed by atoms with van der Waals surface area (Å²) in [7, 11) is 0. The van der Waals surface area contributed by atoms with Gasteiger partial charge in [-0.1, -0.05) is 0 Å². The van der Waals surface area contributed by atoms with Crippen LogP contribution in [0.5, 0.6) is 17.2 Å². The van der Waals surface area contributed by atoms with Crippen LogP contribution in [0.1, 0.15) is 34.1 Å². The Balaban J connectivity index is 2.05. The molecule has 2 rings (SSSR count). The molecule has 140 valence electrons. The smallest absolute Gasteiger partial charge is 0.312 e. The summed E-state index contributed by atoms with van der Waals surface area (Å²) in [6.45, 7) is 8.86. The van der Waals surface area contributed by atoms with Crippen molar-refractivity contribution in [2.24, 2.45) is 0 Å². The molecule has 0 radical (unpaired) electrons. The highest BCUT2D eigenvalue weighted by Crippen LogP contribution is 2.32. The second-order valence-corrected chi connectivity index (χ2v) is 6.42. The van der Waals surface area contributed by atoms with Crippen molar-refractivity contribution in [2.75, 3.05) is 6.54 Å². The number of rotatable bonds is 8. The van der Waals surface area contributed by atoms with E-state index in [0.717, 1.165) is 6.07 Å². The maximum Gasteiger partial charge on any atom is 0.312 e. The van der Waals surface area contributed by atoms with Gasteiger partial charge in [0, 0.05) is 24.7 Å². The average Bonchev–Trinajstić information content (AvgIpc) is 2.58. The molecule has 0 aliphatic carbocycles. The molecule has 6 nitrogen and oxygen atoms in total. The van der Waals surface area contributed by atoms with Crippen molar-refractivity contribution < 1.29 is 18.7 Å². The monoisotopic (exact) mass is 361 g/mol. The summed E-state index contributed by atoms with van der Waals surface area (Å²) >= 11 is 0. The first-order valence-electron chi connectivity index (χ1n) is 8.55. The van der Waals surface area contributed by atoms with E-state index in [2.05, 4.69) is 42.6 Å². The lowest BCUT2D eigenvalue weighted by Crippen LogP contribution is -2.38. The van der Waals surface area contributed by atoms with Crippen LogP contribution in [0, 0.1) is 5.82 Å². The molecule has 0 saturated heterocycles. The maximum atomic E-state index is 13.6. The molecular formula is C19H24FN3O3. The second-order valence-electron chi connectivity index (χ2n) is 6.42. The molecule has 0 spiro atoms. The van der Waals surface area contributed by atoms with Gasteiger partial charge >= 0.3 is 5.97 Å². The van der Waals surface area contributed by atoms with Crippen LogP contribution in [0.2, 0.25) is 0 Å². The van der Waals surface area contributed by atoms with E-state index in [4.69, 9.17) is 9.47 Å². The van der Waals surface area contributed by atoms with Crippen LogP contribution in [-0.4, -0.2) is 39.5 Å². The average molecular weight is 361 g/mol. The summed E-state index contributed by atoms with van der Waals surface area (Å²) in [5, 5.41) is 0. The number of nitrogens with zero attached hydrogens (tertiary/aromatic N) is 3. The summed E-state index contributed by atoms with van der Waals surface area (Å²) in [5.74, 6) is -0.354. The van der Waals surface area contributed by atoms with E-state index in [-0.39, 0.29) is 17.9 Å². The van der Waals surface area contributed by atoms with Crippen molar-refractivity contribution >= 4 is 5.97 Å². The Morgan fingerprint density at radius 3 is 2.38 bits per heavy atom. The van der Waals surface area contributed by atoms with E-state index in [1.807, 2.05) is 0 Å². The fourth-order valence-corrected chi connectivity index (χ4v) is 2.62. The topological polar surface area (TPSA) is 64.6 Å². The molecule has 7 heteroatoms. The van der Waals surface area contributed by atoms with Crippen molar-refractivity contribution in [3.8, 4) is 17.2 Å². The Labute approximate surface area is 153 Å². The summed E-state index contributed by atoms with van der Waals surface area (Å²) in [6.07, 6.45) is 4.49. The Morgan fingerprint density at radius 2 is 1.77 bits per heavy atom. The fraction of sp³-hybridized carbons (Fsp3) is 0.421. The Morgan fingerprint density at radius 1 is 1.12 bits per heavy atom. The first-order valence-corrected chi connectivity index (χ1v) is 8.55. The van der Waals surface area contributed by atoms with E-state index in [0.29, 0.717) is 24.4 Å². The highest BCUT2D eigenvalue weighted by atomic mass is 19.1. The predicted octanol–water partition coefficient (Wildman–Crippen LogP) is 3.82. The van der Waals surface area contributed by atoms with Crippen LogP contribution in [0.3, 0.4) is 0 Å². The zero-order valence-corrected chi connectivity index (χ0v) is 15.5. The third-order valence-corrected chi connectivity index (χ3v) is 3.79. The third kappa shape index (κ3) is 5.77. The Kier molecular flexibility index (Phi) is 7.03. The van der Waals surface area contributed by atoms with Gasteiger partial charge < -0.3 is 9.47 Å². The first-order chi connectivity index (χ1) is 12.4. The normalized spacial score (nSPS) is 11.2. The molecule has 0 fully saturated rings. The SMILES string of the molecule is CC(C)N(CCC(=O)Oc1cc(F)ccc1Oc1cncnc1)C(C)C.